The molecule has 0 amide bonds. The van der Waals surface area contributed by atoms with E-state index in [-0.39, 0.29) is 11.2 Å². The lowest BCUT2D eigenvalue weighted by Gasteiger charge is -2.33. The standard InChI is InChI=1S/C15H17BrFN3O/c1-2-15(4-3-5-18-9-15)14-19-13(20-21-14)10-6-11(16)8-12(17)7-10/h6-8,18H,2-5,9H2,1H3. The molecule has 1 saturated heterocycles. The summed E-state index contributed by atoms with van der Waals surface area (Å²) in [5.74, 6) is 0.756. The van der Waals surface area contributed by atoms with Crippen LogP contribution in [0.15, 0.2) is 27.2 Å². The summed E-state index contributed by atoms with van der Waals surface area (Å²) in [5, 5.41) is 7.43. The first kappa shape index (κ1) is 14.7. The molecule has 1 aliphatic heterocycles. The maximum Gasteiger partial charge on any atom is 0.234 e. The molecule has 1 aliphatic rings. The van der Waals surface area contributed by atoms with E-state index in [4.69, 9.17) is 4.52 Å². The highest BCUT2D eigenvalue weighted by Crippen LogP contribution is 2.34. The number of rotatable bonds is 3. The summed E-state index contributed by atoms with van der Waals surface area (Å²) in [6, 6.07) is 4.61. The van der Waals surface area contributed by atoms with Gasteiger partial charge in [0.2, 0.25) is 11.7 Å². The van der Waals surface area contributed by atoms with Crippen molar-refractivity contribution in [2.45, 2.75) is 31.6 Å². The summed E-state index contributed by atoms with van der Waals surface area (Å²) >= 11 is 3.28. The molecule has 1 N–H and O–H groups in total. The lowest BCUT2D eigenvalue weighted by atomic mass is 9.78. The van der Waals surface area contributed by atoms with Crippen molar-refractivity contribution in [3.8, 4) is 11.4 Å². The Kier molecular flexibility index (Phi) is 4.08. The van der Waals surface area contributed by atoms with Crippen LogP contribution in [0.2, 0.25) is 0 Å². The van der Waals surface area contributed by atoms with E-state index in [9.17, 15) is 4.39 Å². The third-order valence-electron chi connectivity index (χ3n) is 4.15. The van der Waals surface area contributed by atoms with Crippen LogP contribution in [0.1, 0.15) is 32.1 Å². The van der Waals surface area contributed by atoms with E-state index in [2.05, 4.69) is 38.3 Å². The zero-order valence-corrected chi connectivity index (χ0v) is 13.4. The topological polar surface area (TPSA) is 51.0 Å². The van der Waals surface area contributed by atoms with Crippen molar-refractivity contribution in [1.29, 1.82) is 0 Å². The van der Waals surface area contributed by atoms with Crippen LogP contribution in [0, 0.1) is 5.82 Å². The van der Waals surface area contributed by atoms with Gasteiger partial charge in [-0.05, 0) is 44.0 Å². The van der Waals surface area contributed by atoms with Crippen molar-refractivity contribution >= 4 is 15.9 Å². The number of nitrogens with zero attached hydrogens (tertiary/aromatic N) is 2. The Hall–Kier alpha value is -1.27. The first-order valence-electron chi connectivity index (χ1n) is 7.14. The molecule has 6 heteroatoms. The van der Waals surface area contributed by atoms with Gasteiger partial charge >= 0.3 is 0 Å². The van der Waals surface area contributed by atoms with Gasteiger partial charge in [-0.25, -0.2) is 4.39 Å². The summed E-state index contributed by atoms with van der Waals surface area (Å²) in [5.41, 5.74) is 0.514. The van der Waals surface area contributed by atoms with E-state index >= 15 is 0 Å². The highest BCUT2D eigenvalue weighted by atomic mass is 79.9. The van der Waals surface area contributed by atoms with Crippen LogP contribution in [-0.2, 0) is 5.41 Å². The van der Waals surface area contributed by atoms with Gasteiger partial charge in [-0.3, -0.25) is 0 Å². The molecule has 0 bridgehead atoms. The second kappa shape index (κ2) is 5.85. The Bertz CT molecular complexity index is 617. The summed E-state index contributed by atoms with van der Waals surface area (Å²) in [6.45, 7) is 4.01. The van der Waals surface area contributed by atoms with Gasteiger partial charge in [-0.15, -0.1) is 0 Å². The largest absolute Gasteiger partial charge is 0.338 e. The summed E-state index contributed by atoms with van der Waals surface area (Å²) in [7, 11) is 0. The minimum absolute atomic E-state index is 0.103. The smallest absolute Gasteiger partial charge is 0.234 e. The molecule has 0 aliphatic carbocycles. The van der Waals surface area contributed by atoms with Crippen molar-refractivity contribution in [1.82, 2.24) is 15.5 Å². The first-order chi connectivity index (χ1) is 10.1. The van der Waals surface area contributed by atoms with Crippen molar-refractivity contribution in [3.63, 3.8) is 0 Å². The number of aromatic nitrogens is 2. The molecule has 0 spiro atoms. The van der Waals surface area contributed by atoms with E-state index in [0.29, 0.717) is 21.8 Å². The normalized spacial score (nSPS) is 22.4. The van der Waals surface area contributed by atoms with Crippen LogP contribution in [0.4, 0.5) is 4.39 Å². The van der Waals surface area contributed by atoms with Crippen molar-refractivity contribution in [2.75, 3.05) is 13.1 Å². The molecule has 4 nitrogen and oxygen atoms in total. The van der Waals surface area contributed by atoms with E-state index in [0.717, 1.165) is 32.4 Å². The third-order valence-corrected chi connectivity index (χ3v) is 4.61. The molecule has 21 heavy (non-hydrogen) atoms. The minimum Gasteiger partial charge on any atom is -0.338 e. The molecule has 0 saturated carbocycles. The van der Waals surface area contributed by atoms with Crippen LogP contribution in [0.25, 0.3) is 11.4 Å². The van der Waals surface area contributed by atoms with E-state index in [1.165, 1.54) is 12.1 Å². The number of piperidine rings is 1. The molecular formula is C15H17BrFN3O. The highest BCUT2D eigenvalue weighted by Gasteiger charge is 2.37. The monoisotopic (exact) mass is 353 g/mol. The van der Waals surface area contributed by atoms with Gasteiger partial charge in [0.15, 0.2) is 0 Å². The van der Waals surface area contributed by atoms with Gasteiger partial charge in [-0.1, -0.05) is 28.0 Å². The summed E-state index contributed by atoms with van der Waals surface area (Å²) in [6.07, 6.45) is 3.07. The van der Waals surface area contributed by atoms with Gasteiger partial charge in [0, 0.05) is 16.6 Å². The number of hydrogen-bond donors (Lipinski definition) is 1. The average Bonchev–Trinajstić information content (AvgIpc) is 2.97. The molecule has 1 aromatic carbocycles. The molecule has 2 aromatic rings. The van der Waals surface area contributed by atoms with Crippen LogP contribution in [0.5, 0.6) is 0 Å². The van der Waals surface area contributed by atoms with Crippen LogP contribution >= 0.6 is 15.9 Å². The number of halogens is 2. The number of benzene rings is 1. The molecule has 1 aromatic heterocycles. The number of hydrogen-bond acceptors (Lipinski definition) is 4. The lowest BCUT2D eigenvalue weighted by molar-refractivity contribution is 0.221. The predicted molar refractivity (Wildman–Crippen MR) is 81.5 cm³/mol. The zero-order valence-electron chi connectivity index (χ0n) is 11.8. The van der Waals surface area contributed by atoms with Crippen LogP contribution in [0.3, 0.4) is 0 Å². The maximum absolute atomic E-state index is 13.5. The van der Waals surface area contributed by atoms with Crippen LogP contribution in [-0.4, -0.2) is 23.2 Å². The minimum atomic E-state index is -0.324. The Balaban J connectivity index is 1.95. The fourth-order valence-corrected chi connectivity index (χ4v) is 3.31. The fourth-order valence-electron chi connectivity index (χ4n) is 2.84. The molecular weight excluding hydrogens is 337 g/mol. The van der Waals surface area contributed by atoms with Gasteiger partial charge in [-0.2, -0.15) is 4.98 Å². The number of nitrogens with one attached hydrogen (secondary N) is 1. The quantitative estimate of drug-likeness (QED) is 0.914. The SMILES string of the molecule is CCC1(c2nc(-c3cc(F)cc(Br)c3)no2)CCCNC1. The first-order valence-corrected chi connectivity index (χ1v) is 7.94. The molecule has 1 atom stereocenters. The van der Waals surface area contributed by atoms with Gasteiger partial charge < -0.3 is 9.84 Å². The molecule has 3 rings (SSSR count). The average molecular weight is 354 g/mol. The van der Waals surface area contributed by atoms with Crippen molar-refractivity contribution in [3.05, 3.63) is 34.4 Å². The molecule has 1 unspecified atom stereocenters. The van der Waals surface area contributed by atoms with E-state index in [1.807, 2.05) is 0 Å². The Morgan fingerprint density at radius 1 is 1.43 bits per heavy atom. The van der Waals surface area contributed by atoms with Gasteiger partial charge in [0.25, 0.3) is 0 Å². The lowest BCUT2D eigenvalue weighted by Crippen LogP contribution is -2.43. The summed E-state index contributed by atoms with van der Waals surface area (Å²) < 4.78 is 19.6. The van der Waals surface area contributed by atoms with Gasteiger partial charge in [0.05, 0.1) is 5.41 Å². The van der Waals surface area contributed by atoms with Crippen LogP contribution < -0.4 is 5.32 Å². The maximum atomic E-state index is 13.5. The van der Waals surface area contributed by atoms with Crippen molar-refractivity contribution < 1.29 is 8.91 Å². The second-order valence-corrected chi connectivity index (χ2v) is 6.41. The Labute approximate surface area is 131 Å². The Morgan fingerprint density at radius 2 is 2.29 bits per heavy atom. The van der Waals surface area contributed by atoms with Crippen molar-refractivity contribution in [2.24, 2.45) is 0 Å². The summed E-state index contributed by atoms with van der Waals surface area (Å²) in [4.78, 5) is 4.52. The zero-order chi connectivity index (χ0) is 14.9. The fraction of sp³-hybridized carbons (Fsp3) is 0.467. The molecule has 0 radical (unpaired) electrons. The Morgan fingerprint density at radius 3 is 2.95 bits per heavy atom. The predicted octanol–water partition coefficient (Wildman–Crippen LogP) is 3.67. The van der Waals surface area contributed by atoms with E-state index < -0.39 is 0 Å². The van der Waals surface area contributed by atoms with Gasteiger partial charge in [0.1, 0.15) is 5.82 Å². The third kappa shape index (κ3) is 2.87. The van der Waals surface area contributed by atoms with E-state index in [1.54, 1.807) is 6.07 Å². The molecule has 1 fully saturated rings. The second-order valence-electron chi connectivity index (χ2n) is 5.50. The molecule has 2 heterocycles. The highest BCUT2D eigenvalue weighted by molar-refractivity contribution is 9.10. The molecule has 112 valence electrons.